The Labute approximate surface area is 125 Å². The van der Waals surface area contributed by atoms with E-state index in [1.165, 1.54) is 0 Å². The molecule has 5 heteroatoms. The van der Waals surface area contributed by atoms with E-state index >= 15 is 0 Å². The van der Waals surface area contributed by atoms with Gasteiger partial charge in [0, 0.05) is 17.8 Å². The fourth-order valence-electron chi connectivity index (χ4n) is 2.22. The zero-order valence-corrected chi connectivity index (χ0v) is 12.6. The van der Waals surface area contributed by atoms with E-state index in [4.69, 9.17) is 5.73 Å². The number of nitrogens with one attached hydrogen (secondary N) is 1. The molecule has 0 fully saturated rings. The van der Waals surface area contributed by atoms with E-state index in [0.29, 0.717) is 25.2 Å². The normalized spacial score (nSPS) is 10.6. The molecule has 0 aliphatic rings. The van der Waals surface area contributed by atoms with Gasteiger partial charge in [0.25, 0.3) is 5.91 Å². The lowest BCUT2D eigenvalue weighted by Crippen LogP contribution is -2.26. The van der Waals surface area contributed by atoms with Gasteiger partial charge in [-0.3, -0.25) is 9.48 Å². The Bertz CT molecular complexity index is 618. The summed E-state index contributed by atoms with van der Waals surface area (Å²) in [6.45, 7) is 5.87. The quantitative estimate of drug-likeness (QED) is 0.793. The Kier molecular flexibility index (Phi) is 5.11. The van der Waals surface area contributed by atoms with Gasteiger partial charge in [0.15, 0.2) is 0 Å². The maximum absolute atomic E-state index is 12.0. The Morgan fingerprint density at radius 2 is 2.14 bits per heavy atom. The molecule has 0 spiro atoms. The first-order chi connectivity index (χ1) is 10.1. The van der Waals surface area contributed by atoms with Crippen LogP contribution in [0, 0.1) is 13.8 Å². The minimum atomic E-state index is -0.0568. The van der Waals surface area contributed by atoms with Gasteiger partial charge < -0.3 is 11.1 Å². The minimum Gasteiger partial charge on any atom is -0.352 e. The van der Waals surface area contributed by atoms with Gasteiger partial charge in [-0.05, 0) is 50.6 Å². The van der Waals surface area contributed by atoms with Crippen molar-refractivity contribution in [1.82, 2.24) is 15.1 Å². The predicted octanol–water partition coefficient (Wildman–Crippen LogP) is 1.63. The summed E-state index contributed by atoms with van der Waals surface area (Å²) in [5.41, 5.74) is 9.27. The maximum Gasteiger partial charge on any atom is 0.251 e. The highest BCUT2D eigenvalue weighted by Crippen LogP contribution is 2.10. The molecule has 2 rings (SSSR count). The van der Waals surface area contributed by atoms with Crippen LogP contribution in [0.25, 0.3) is 0 Å². The van der Waals surface area contributed by atoms with Crippen molar-refractivity contribution in [2.45, 2.75) is 26.8 Å². The summed E-state index contributed by atoms with van der Waals surface area (Å²) in [5.74, 6) is -0.0568. The lowest BCUT2D eigenvalue weighted by Gasteiger charge is -2.08. The third-order valence-corrected chi connectivity index (χ3v) is 3.29. The van der Waals surface area contributed by atoms with Crippen molar-refractivity contribution in [3.63, 3.8) is 0 Å². The van der Waals surface area contributed by atoms with Crippen molar-refractivity contribution in [2.75, 3.05) is 13.1 Å². The molecule has 0 bridgehead atoms. The smallest absolute Gasteiger partial charge is 0.251 e. The molecular weight excluding hydrogens is 264 g/mol. The highest BCUT2D eigenvalue weighted by atomic mass is 16.1. The van der Waals surface area contributed by atoms with E-state index in [9.17, 15) is 4.79 Å². The molecule has 0 atom stereocenters. The number of carbonyl (C=O) groups excluding carboxylic acids is 1. The van der Waals surface area contributed by atoms with Gasteiger partial charge in [-0.2, -0.15) is 5.10 Å². The number of aryl methyl sites for hydroxylation is 2. The van der Waals surface area contributed by atoms with Crippen LogP contribution in [-0.4, -0.2) is 28.8 Å². The van der Waals surface area contributed by atoms with Gasteiger partial charge in [-0.25, -0.2) is 0 Å². The number of benzene rings is 1. The summed E-state index contributed by atoms with van der Waals surface area (Å²) in [5, 5.41) is 7.31. The summed E-state index contributed by atoms with van der Waals surface area (Å²) in [6.07, 6.45) is 0.789. The van der Waals surface area contributed by atoms with E-state index in [1.807, 2.05) is 48.9 Å². The Balaban J connectivity index is 2.07. The molecule has 3 N–H and O–H groups in total. The van der Waals surface area contributed by atoms with E-state index in [2.05, 4.69) is 10.4 Å². The molecule has 0 saturated heterocycles. The summed E-state index contributed by atoms with van der Waals surface area (Å²) in [6, 6.07) is 9.69. The van der Waals surface area contributed by atoms with Crippen molar-refractivity contribution in [3.05, 3.63) is 52.8 Å². The van der Waals surface area contributed by atoms with Crippen LogP contribution in [0.5, 0.6) is 0 Å². The maximum atomic E-state index is 12.0. The van der Waals surface area contributed by atoms with Gasteiger partial charge >= 0.3 is 0 Å². The van der Waals surface area contributed by atoms with Crippen molar-refractivity contribution in [1.29, 1.82) is 0 Å². The van der Waals surface area contributed by atoms with Crippen molar-refractivity contribution in [2.24, 2.45) is 5.73 Å². The first-order valence-electron chi connectivity index (χ1n) is 7.18. The average Bonchev–Trinajstić information content (AvgIpc) is 2.77. The highest BCUT2D eigenvalue weighted by Gasteiger charge is 2.07. The van der Waals surface area contributed by atoms with Gasteiger partial charge in [-0.15, -0.1) is 0 Å². The first-order valence-corrected chi connectivity index (χ1v) is 7.18. The lowest BCUT2D eigenvalue weighted by atomic mass is 10.1. The number of rotatable bonds is 6. The zero-order valence-electron chi connectivity index (χ0n) is 12.6. The van der Waals surface area contributed by atoms with Crippen molar-refractivity contribution >= 4 is 5.91 Å². The zero-order chi connectivity index (χ0) is 15.2. The molecule has 21 heavy (non-hydrogen) atoms. The molecule has 112 valence electrons. The number of amides is 1. The summed E-state index contributed by atoms with van der Waals surface area (Å²) < 4.78 is 1.95. The number of hydrogen-bond donors (Lipinski definition) is 2. The highest BCUT2D eigenvalue weighted by molar-refractivity contribution is 5.94. The topological polar surface area (TPSA) is 72.9 Å². The van der Waals surface area contributed by atoms with Crippen LogP contribution in [0.1, 0.15) is 33.7 Å². The van der Waals surface area contributed by atoms with Crippen LogP contribution in [-0.2, 0) is 6.54 Å². The van der Waals surface area contributed by atoms with Gasteiger partial charge in [-0.1, -0.05) is 12.1 Å². The van der Waals surface area contributed by atoms with E-state index in [1.54, 1.807) is 0 Å². The van der Waals surface area contributed by atoms with Gasteiger partial charge in [0.1, 0.15) is 0 Å². The molecule has 0 aliphatic heterocycles. The number of nitrogens with zero attached hydrogens (tertiary/aromatic N) is 2. The molecule has 1 heterocycles. The molecule has 0 aliphatic carbocycles. The van der Waals surface area contributed by atoms with Gasteiger partial charge in [0.05, 0.1) is 12.2 Å². The standard InChI is InChI=1S/C16H22N4O/c1-12-9-13(2)20(19-12)11-14-5-3-6-15(10-14)16(21)18-8-4-7-17/h3,5-6,9-10H,4,7-8,11,17H2,1-2H3,(H,18,21). The largest absolute Gasteiger partial charge is 0.352 e. The second-order valence-corrected chi connectivity index (χ2v) is 5.18. The van der Waals surface area contributed by atoms with E-state index in [0.717, 1.165) is 23.4 Å². The number of nitrogens with two attached hydrogens (primary N) is 1. The Hall–Kier alpha value is -2.14. The molecule has 1 amide bonds. The molecule has 1 aromatic carbocycles. The summed E-state index contributed by atoms with van der Waals surface area (Å²) in [7, 11) is 0. The van der Waals surface area contributed by atoms with Crippen molar-refractivity contribution < 1.29 is 4.79 Å². The number of aromatic nitrogens is 2. The fraction of sp³-hybridized carbons (Fsp3) is 0.375. The molecule has 0 radical (unpaired) electrons. The average molecular weight is 286 g/mol. The minimum absolute atomic E-state index is 0.0568. The Morgan fingerprint density at radius 1 is 1.33 bits per heavy atom. The molecule has 5 nitrogen and oxygen atoms in total. The second-order valence-electron chi connectivity index (χ2n) is 5.18. The Morgan fingerprint density at radius 3 is 2.81 bits per heavy atom. The van der Waals surface area contributed by atoms with Crippen LogP contribution >= 0.6 is 0 Å². The molecule has 1 aromatic heterocycles. The third-order valence-electron chi connectivity index (χ3n) is 3.29. The first kappa shape index (κ1) is 15.3. The van der Waals surface area contributed by atoms with Crippen LogP contribution in [0.3, 0.4) is 0 Å². The molecule has 2 aromatic rings. The SMILES string of the molecule is Cc1cc(C)n(Cc2cccc(C(=O)NCCCN)c2)n1. The van der Waals surface area contributed by atoms with E-state index < -0.39 is 0 Å². The fourth-order valence-corrected chi connectivity index (χ4v) is 2.22. The third kappa shape index (κ3) is 4.16. The number of hydrogen-bond acceptors (Lipinski definition) is 3. The van der Waals surface area contributed by atoms with Crippen LogP contribution in [0.15, 0.2) is 30.3 Å². The lowest BCUT2D eigenvalue weighted by molar-refractivity contribution is 0.0953. The van der Waals surface area contributed by atoms with E-state index in [-0.39, 0.29) is 5.91 Å². The van der Waals surface area contributed by atoms with Gasteiger partial charge in [0.2, 0.25) is 0 Å². The monoisotopic (exact) mass is 286 g/mol. The summed E-state index contributed by atoms with van der Waals surface area (Å²) in [4.78, 5) is 12.0. The van der Waals surface area contributed by atoms with Crippen LogP contribution < -0.4 is 11.1 Å². The molecular formula is C16H22N4O. The number of carbonyl (C=O) groups is 1. The summed E-state index contributed by atoms with van der Waals surface area (Å²) >= 11 is 0. The molecule has 0 saturated carbocycles. The molecule has 0 unspecified atom stereocenters. The second kappa shape index (κ2) is 7.04. The van der Waals surface area contributed by atoms with Crippen LogP contribution in [0.4, 0.5) is 0 Å². The van der Waals surface area contributed by atoms with Crippen molar-refractivity contribution in [3.8, 4) is 0 Å². The predicted molar refractivity (Wildman–Crippen MR) is 83.2 cm³/mol. The van der Waals surface area contributed by atoms with Crippen LogP contribution in [0.2, 0.25) is 0 Å².